The van der Waals surface area contributed by atoms with Gasteiger partial charge in [-0.05, 0) is 81.8 Å². The molecule has 3 amide bonds. The number of hydrogen-bond donors (Lipinski definition) is 2. The monoisotopic (exact) mass is 493 g/mol. The molecule has 2 N–H and O–H groups in total. The number of rotatable bonds is 10. The number of amides is 3. The fourth-order valence-corrected chi connectivity index (χ4v) is 4.22. The van der Waals surface area contributed by atoms with E-state index in [1.807, 2.05) is 43.0 Å². The van der Waals surface area contributed by atoms with Crippen molar-refractivity contribution in [3.8, 4) is 11.5 Å². The van der Waals surface area contributed by atoms with E-state index < -0.39 is 0 Å². The fraction of sp³-hybridized carbons (Fsp3) is 0.464. The number of nitrogens with zero attached hydrogens (tertiary/aromatic N) is 1. The summed E-state index contributed by atoms with van der Waals surface area (Å²) >= 11 is 0. The molecule has 0 bridgehead atoms. The van der Waals surface area contributed by atoms with Crippen molar-refractivity contribution < 1.29 is 23.9 Å². The van der Waals surface area contributed by atoms with Crippen LogP contribution in [0.25, 0.3) is 0 Å². The molecule has 1 unspecified atom stereocenters. The van der Waals surface area contributed by atoms with E-state index in [4.69, 9.17) is 9.47 Å². The van der Waals surface area contributed by atoms with Gasteiger partial charge >= 0.3 is 0 Å². The molecule has 2 aliphatic rings. The minimum Gasteiger partial charge on any atom is -0.490 e. The lowest BCUT2D eigenvalue weighted by molar-refractivity contribution is -0.134. The summed E-state index contributed by atoms with van der Waals surface area (Å²) in [5.41, 5.74) is 2.12. The zero-order valence-corrected chi connectivity index (χ0v) is 21.0. The molecule has 1 saturated carbocycles. The van der Waals surface area contributed by atoms with Gasteiger partial charge in [0.25, 0.3) is 11.8 Å². The van der Waals surface area contributed by atoms with Crippen LogP contribution in [0.1, 0.15) is 67.9 Å². The van der Waals surface area contributed by atoms with Crippen molar-refractivity contribution in [2.45, 2.75) is 52.0 Å². The highest BCUT2D eigenvalue weighted by molar-refractivity contribution is 5.95. The van der Waals surface area contributed by atoms with Gasteiger partial charge in [-0.2, -0.15) is 0 Å². The van der Waals surface area contributed by atoms with Crippen LogP contribution in [0.3, 0.4) is 0 Å². The van der Waals surface area contributed by atoms with Crippen molar-refractivity contribution >= 4 is 23.4 Å². The van der Waals surface area contributed by atoms with Crippen LogP contribution in [-0.4, -0.2) is 48.9 Å². The number of anilines is 1. The highest BCUT2D eigenvalue weighted by Crippen LogP contribution is 2.31. The Kier molecular flexibility index (Phi) is 8.46. The molecule has 1 saturated heterocycles. The average molecular weight is 494 g/mol. The zero-order valence-electron chi connectivity index (χ0n) is 21.0. The summed E-state index contributed by atoms with van der Waals surface area (Å²) in [6.07, 6.45) is 5.13. The number of carbonyl (C=O) groups excluding carboxylic acids is 3. The van der Waals surface area contributed by atoms with E-state index in [1.165, 1.54) is 0 Å². The molecule has 192 valence electrons. The minimum absolute atomic E-state index is 0.0362. The van der Waals surface area contributed by atoms with Gasteiger partial charge in [0.1, 0.15) is 0 Å². The summed E-state index contributed by atoms with van der Waals surface area (Å²) in [6.45, 7) is 5.66. The van der Waals surface area contributed by atoms with Crippen LogP contribution in [0.15, 0.2) is 42.5 Å². The SMILES string of the molecule is CCOc1cc(C(=O)NC(C)c2ccc(NC(=O)C3CC3)cc2)ccc1OCC(=O)N1CCCCC1. The Morgan fingerprint density at radius 2 is 1.69 bits per heavy atom. The second kappa shape index (κ2) is 11.9. The first-order valence-corrected chi connectivity index (χ1v) is 12.8. The topological polar surface area (TPSA) is 97.0 Å². The van der Waals surface area contributed by atoms with Gasteiger partial charge in [0.2, 0.25) is 5.91 Å². The zero-order chi connectivity index (χ0) is 25.5. The summed E-state index contributed by atoms with van der Waals surface area (Å²) in [6, 6.07) is 12.2. The third kappa shape index (κ3) is 6.77. The predicted octanol–water partition coefficient (Wildman–Crippen LogP) is 4.32. The first-order chi connectivity index (χ1) is 17.4. The molecule has 1 atom stereocenters. The van der Waals surface area contributed by atoms with Gasteiger partial charge in [0.05, 0.1) is 12.6 Å². The summed E-state index contributed by atoms with van der Waals surface area (Å²) < 4.78 is 11.5. The second-order valence-corrected chi connectivity index (χ2v) is 9.41. The van der Waals surface area contributed by atoms with Gasteiger partial charge in [0.15, 0.2) is 18.1 Å². The van der Waals surface area contributed by atoms with Gasteiger partial charge < -0.3 is 25.0 Å². The van der Waals surface area contributed by atoms with E-state index in [9.17, 15) is 14.4 Å². The molecule has 2 aromatic carbocycles. The lowest BCUT2D eigenvalue weighted by Gasteiger charge is -2.26. The van der Waals surface area contributed by atoms with Crippen molar-refractivity contribution in [1.82, 2.24) is 10.2 Å². The number of piperidine rings is 1. The third-order valence-electron chi connectivity index (χ3n) is 6.54. The van der Waals surface area contributed by atoms with Gasteiger partial charge in [-0.25, -0.2) is 0 Å². The molecule has 4 rings (SSSR count). The maximum atomic E-state index is 12.9. The standard InChI is InChI=1S/C28H35N3O5/c1-3-35-25-17-22(11-14-24(25)36-18-26(32)31-15-5-4-6-16-31)28(34)29-19(2)20-9-12-23(13-10-20)30-27(33)21-7-8-21/h9-14,17,19,21H,3-8,15-16,18H2,1-2H3,(H,29,34)(H,30,33). The Morgan fingerprint density at radius 3 is 2.36 bits per heavy atom. The first kappa shape index (κ1) is 25.5. The molecule has 36 heavy (non-hydrogen) atoms. The molecule has 0 radical (unpaired) electrons. The van der Waals surface area contributed by atoms with Gasteiger partial charge in [-0.1, -0.05) is 12.1 Å². The summed E-state index contributed by atoms with van der Waals surface area (Å²) in [5.74, 6) is 0.806. The van der Waals surface area contributed by atoms with E-state index >= 15 is 0 Å². The van der Waals surface area contributed by atoms with Crippen LogP contribution in [0.4, 0.5) is 5.69 Å². The number of likely N-dealkylation sites (tertiary alicyclic amines) is 1. The average Bonchev–Trinajstić information content (AvgIpc) is 3.74. The Hall–Kier alpha value is -3.55. The number of hydrogen-bond acceptors (Lipinski definition) is 5. The van der Waals surface area contributed by atoms with Crippen molar-refractivity contribution in [3.63, 3.8) is 0 Å². The molecule has 1 heterocycles. The Bertz CT molecular complexity index is 1080. The Labute approximate surface area is 212 Å². The van der Waals surface area contributed by atoms with Crippen LogP contribution in [-0.2, 0) is 9.59 Å². The maximum absolute atomic E-state index is 12.9. The van der Waals surface area contributed by atoms with E-state index in [-0.39, 0.29) is 36.3 Å². The van der Waals surface area contributed by atoms with E-state index in [0.717, 1.165) is 56.4 Å². The van der Waals surface area contributed by atoms with Crippen LogP contribution in [0.2, 0.25) is 0 Å². The maximum Gasteiger partial charge on any atom is 0.260 e. The molecule has 8 nitrogen and oxygen atoms in total. The van der Waals surface area contributed by atoms with Gasteiger partial charge in [-0.3, -0.25) is 14.4 Å². The summed E-state index contributed by atoms with van der Waals surface area (Å²) in [5, 5.41) is 5.92. The Morgan fingerprint density at radius 1 is 0.972 bits per heavy atom. The van der Waals surface area contributed by atoms with Crippen LogP contribution in [0.5, 0.6) is 11.5 Å². The normalized spacial score (nSPS) is 16.1. The molecule has 0 aromatic heterocycles. The first-order valence-electron chi connectivity index (χ1n) is 12.8. The molecule has 0 spiro atoms. The van der Waals surface area contributed by atoms with Gasteiger partial charge in [-0.15, -0.1) is 0 Å². The minimum atomic E-state index is -0.245. The third-order valence-corrected chi connectivity index (χ3v) is 6.54. The smallest absolute Gasteiger partial charge is 0.260 e. The van der Waals surface area contributed by atoms with Gasteiger partial charge in [0, 0.05) is 30.3 Å². The highest BCUT2D eigenvalue weighted by atomic mass is 16.5. The van der Waals surface area contributed by atoms with Crippen molar-refractivity contribution in [2.75, 3.05) is 31.6 Å². The Balaban J connectivity index is 1.34. The number of nitrogens with one attached hydrogen (secondary N) is 2. The second-order valence-electron chi connectivity index (χ2n) is 9.41. The van der Waals surface area contributed by atoms with Crippen LogP contribution < -0.4 is 20.1 Å². The van der Waals surface area contributed by atoms with E-state index in [2.05, 4.69) is 10.6 Å². The van der Waals surface area contributed by atoms with Crippen molar-refractivity contribution in [3.05, 3.63) is 53.6 Å². The predicted molar refractivity (Wildman–Crippen MR) is 137 cm³/mol. The number of carbonyl (C=O) groups is 3. The van der Waals surface area contributed by atoms with Crippen molar-refractivity contribution in [2.24, 2.45) is 5.92 Å². The van der Waals surface area contributed by atoms with E-state index in [1.54, 1.807) is 18.2 Å². The molecule has 8 heteroatoms. The highest BCUT2D eigenvalue weighted by Gasteiger charge is 2.29. The van der Waals surface area contributed by atoms with Crippen molar-refractivity contribution in [1.29, 1.82) is 0 Å². The fourth-order valence-electron chi connectivity index (χ4n) is 4.22. The lowest BCUT2D eigenvalue weighted by Crippen LogP contribution is -2.38. The number of benzene rings is 2. The molecule has 2 fully saturated rings. The van der Waals surface area contributed by atoms with E-state index in [0.29, 0.717) is 23.7 Å². The summed E-state index contributed by atoms with van der Waals surface area (Å²) in [7, 11) is 0. The molecule has 1 aliphatic heterocycles. The lowest BCUT2D eigenvalue weighted by atomic mass is 10.1. The molecule has 1 aliphatic carbocycles. The largest absolute Gasteiger partial charge is 0.490 e. The molecular weight excluding hydrogens is 458 g/mol. The van der Waals surface area contributed by atoms with Crippen LogP contribution >= 0.6 is 0 Å². The van der Waals surface area contributed by atoms with Crippen LogP contribution in [0, 0.1) is 5.92 Å². The quantitative estimate of drug-likeness (QED) is 0.514. The molecule has 2 aromatic rings. The molecular formula is C28H35N3O5. The summed E-state index contributed by atoms with van der Waals surface area (Å²) in [4.78, 5) is 39.2. The number of ether oxygens (including phenoxy) is 2.